The highest BCUT2D eigenvalue weighted by Gasteiger charge is 2.16. The molecule has 2 heterocycles. The molecule has 0 saturated carbocycles. The average molecular weight is 265 g/mol. The van der Waals surface area contributed by atoms with Crippen molar-refractivity contribution < 1.29 is 23.6 Å². The normalized spacial score (nSPS) is 10.4. The van der Waals surface area contributed by atoms with Crippen LogP contribution in [0.4, 0.5) is 0 Å². The predicted octanol–water partition coefficient (Wildman–Crippen LogP) is 0.853. The van der Waals surface area contributed by atoms with Crippen LogP contribution in [0.25, 0.3) is 0 Å². The molecule has 0 fully saturated rings. The number of hydrogen-bond donors (Lipinski definition) is 2. The quantitative estimate of drug-likeness (QED) is 0.822. The molecule has 0 aromatic carbocycles. The number of carbonyl (C=O) groups excluding carboxylic acids is 1. The summed E-state index contributed by atoms with van der Waals surface area (Å²) in [7, 11) is 0. The predicted molar refractivity (Wildman–Crippen MR) is 60.5 cm³/mol. The number of nitrogens with zero attached hydrogens (tertiary/aromatic N) is 2. The summed E-state index contributed by atoms with van der Waals surface area (Å²) in [6.45, 7) is 2.01. The Morgan fingerprint density at radius 3 is 2.84 bits per heavy atom. The van der Waals surface area contributed by atoms with Gasteiger partial charge in [-0.3, -0.25) is 4.79 Å². The Bertz CT molecular complexity index is 601. The number of nitrogens with one attached hydrogen (secondary N) is 1. The van der Waals surface area contributed by atoms with Crippen LogP contribution in [0.5, 0.6) is 0 Å². The van der Waals surface area contributed by atoms with Crippen LogP contribution in [0.15, 0.2) is 21.2 Å². The molecule has 2 rings (SSSR count). The molecule has 0 unspecified atom stereocenters. The van der Waals surface area contributed by atoms with E-state index in [2.05, 4.69) is 20.0 Å². The summed E-state index contributed by atoms with van der Waals surface area (Å²) in [4.78, 5) is 26.2. The number of aromatic carboxylic acids is 1. The maximum atomic E-state index is 11.6. The van der Waals surface area contributed by atoms with Crippen molar-refractivity contribution >= 4 is 11.9 Å². The third kappa shape index (κ3) is 2.97. The second kappa shape index (κ2) is 5.34. The van der Waals surface area contributed by atoms with E-state index in [0.29, 0.717) is 12.3 Å². The summed E-state index contributed by atoms with van der Waals surface area (Å²) < 4.78 is 9.77. The molecule has 2 aromatic heterocycles. The summed E-state index contributed by atoms with van der Waals surface area (Å²) in [5, 5.41) is 14.5. The summed E-state index contributed by atoms with van der Waals surface area (Å²) in [5.41, 5.74) is -0.111. The number of carboxylic acid groups (broad SMARTS) is 1. The molecule has 19 heavy (non-hydrogen) atoms. The van der Waals surface area contributed by atoms with Crippen LogP contribution in [0.3, 0.4) is 0 Å². The van der Waals surface area contributed by atoms with Gasteiger partial charge in [-0.25, -0.2) is 9.78 Å². The molecule has 2 N–H and O–H groups in total. The number of oxazole rings is 1. The van der Waals surface area contributed by atoms with E-state index >= 15 is 0 Å². The maximum absolute atomic E-state index is 11.6. The molecule has 1 amide bonds. The Morgan fingerprint density at radius 1 is 1.47 bits per heavy atom. The topological polar surface area (TPSA) is 118 Å². The van der Waals surface area contributed by atoms with Crippen molar-refractivity contribution in [1.29, 1.82) is 0 Å². The lowest BCUT2D eigenvalue weighted by Crippen LogP contribution is -2.23. The zero-order valence-corrected chi connectivity index (χ0v) is 10.0. The number of rotatable bonds is 5. The molecule has 100 valence electrons. The number of hydrogen-bond acceptors (Lipinski definition) is 6. The molecule has 0 radical (unpaired) electrons. The van der Waals surface area contributed by atoms with E-state index in [0.717, 1.165) is 11.8 Å². The number of aryl methyl sites for hydroxylation is 1. The molecule has 0 aliphatic heterocycles. The van der Waals surface area contributed by atoms with E-state index < -0.39 is 17.6 Å². The van der Waals surface area contributed by atoms with Crippen LogP contribution in [0, 0.1) is 0 Å². The van der Waals surface area contributed by atoms with Gasteiger partial charge in [-0.1, -0.05) is 12.1 Å². The smallest absolute Gasteiger partial charge is 0.374 e. The number of aromatic nitrogens is 2. The van der Waals surface area contributed by atoms with Gasteiger partial charge in [0, 0.05) is 12.5 Å². The van der Waals surface area contributed by atoms with Crippen molar-refractivity contribution in [2.24, 2.45) is 0 Å². The SMILES string of the molecule is CCc1cnc(CNC(=O)c2cc(C(=O)O)on2)o1. The Labute approximate surface area is 107 Å². The van der Waals surface area contributed by atoms with E-state index in [1.54, 1.807) is 6.20 Å². The molecule has 0 aliphatic carbocycles. The highest BCUT2D eigenvalue weighted by molar-refractivity contribution is 5.94. The van der Waals surface area contributed by atoms with E-state index in [4.69, 9.17) is 9.52 Å². The van der Waals surface area contributed by atoms with Gasteiger partial charge >= 0.3 is 5.97 Å². The van der Waals surface area contributed by atoms with Crippen molar-refractivity contribution in [2.45, 2.75) is 19.9 Å². The summed E-state index contributed by atoms with van der Waals surface area (Å²) >= 11 is 0. The zero-order valence-electron chi connectivity index (χ0n) is 10.0. The first kappa shape index (κ1) is 12.8. The van der Waals surface area contributed by atoms with Crippen LogP contribution in [0.1, 0.15) is 39.6 Å². The van der Waals surface area contributed by atoms with E-state index in [-0.39, 0.29) is 12.2 Å². The minimum atomic E-state index is -1.29. The number of carbonyl (C=O) groups is 2. The molecule has 8 heteroatoms. The van der Waals surface area contributed by atoms with Gasteiger partial charge < -0.3 is 19.4 Å². The molecule has 0 aliphatic rings. The Morgan fingerprint density at radius 2 is 2.26 bits per heavy atom. The summed E-state index contributed by atoms with van der Waals surface area (Å²) in [5.74, 6) is -1.15. The van der Waals surface area contributed by atoms with E-state index in [1.165, 1.54) is 0 Å². The fourth-order valence-electron chi connectivity index (χ4n) is 1.32. The first-order valence-electron chi connectivity index (χ1n) is 5.52. The standard InChI is InChI=1S/C11H11N3O5/c1-2-6-4-12-9(18-6)5-13-10(15)7-3-8(11(16)17)19-14-7/h3-4H,2,5H2,1H3,(H,13,15)(H,16,17). The van der Waals surface area contributed by atoms with Crippen LogP contribution >= 0.6 is 0 Å². The minimum absolute atomic E-state index is 0.0914. The lowest BCUT2D eigenvalue weighted by Gasteiger charge is -1.98. The van der Waals surface area contributed by atoms with Crippen molar-refractivity contribution in [1.82, 2.24) is 15.5 Å². The van der Waals surface area contributed by atoms with Crippen molar-refractivity contribution in [3.05, 3.63) is 35.4 Å². The van der Waals surface area contributed by atoms with Gasteiger partial charge in [-0.15, -0.1) is 0 Å². The molecular weight excluding hydrogens is 254 g/mol. The average Bonchev–Trinajstić information content (AvgIpc) is 3.04. The highest BCUT2D eigenvalue weighted by Crippen LogP contribution is 2.06. The Hall–Kier alpha value is -2.64. The highest BCUT2D eigenvalue weighted by atomic mass is 16.5. The Balaban J connectivity index is 1.95. The molecule has 8 nitrogen and oxygen atoms in total. The largest absolute Gasteiger partial charge is 0.475 e. The van der Waals surface area contributed by atoms with Crippen molar-refractivity contribution in [3.8, 4) is 0 Å². The maximum Gasteiger partial charge on any atom is 0.374 e. The Kier molecular flexibility index (Phi) is 3.60. The van der Waals surface area contributed by atoms with Crippen LogP contribution < -0.4 is 5.32 Å². The third-order valence-corrected chi connectivity index (χ3v) is 2.30. The second-order valence-corrected chi connectivity index (χ2v) is 3.64. The minimum Gasteiger partial charge on any atom is -0.475 e. The van der Waals surface area contributed by atoms with E-state index in [1.807, 2.05) is 6.92 Å². The lowest BCUT2D eigenvalue weighted by molar-refractivity contribution is 0.0651. The molecule has 0 bridgehead atoms. The van der Waals surface area contributed by atoms with Gasteiger partial charge in [0.25, 0.3) is 5.91 Å². The number of carboxylic acids is 1. The molecule has 2 aromatic rings. The van der Waals surface area contributed by atoms with Crippen LogP contribution in [-0.2, 0) is 13.0 Å². The van der Waals surface area contributed by atoms with Gasteiger partial charge in [0.05, 0.1) is 12.7 Å². The van der Waals surface area contributed by atoms with E-state index in [9.17, 15) is 9.59 Å². The first-order chi connectivity index (χ1) is 9.10. The molecule has 0 saturated heterocycles. The first-order valence-corrected chi connectivity index (χ1v) is 5.52. The fourth-order valence-corrected chi connectivity index (χ4v) is 1.32. The summed E-state index contributed by atoms with van der Waals surface area (Å²) in [6.07, 6.45) is 2.30. The van der Waals surface area contributed by atoms with Gasteiger partial charge in [0.1, 0.15) is 5.76 Å². The van der Waals surface area contributed by atoms with Gasteiger partial charge in [0.15, 0.2) is 5.69 Å². The molecular formula is C11H11N3O5. The third-order valence-electron chi connectivity index (χ3n) is 2.30. The lowest BCUT2D eigenvalue weighted by atomic mass is 10.3. The van der Waals surface area contributed by atoms with Gasteiger partial charge in [0.2, 0.25) is 11.7 Å². The monoisotopic (exact) mass is 265 g/mol. The van der Waals surface area contributed by atoms with Gasteiger partial charge in [-0.05, 0) is 0 Å². The van der Waals surface area contributed by atoms with Crippen molar-refractivity contribution in [2.75, 3.05) is 0 Å². The second-order valence-electron chi connectivity index (χ2n) is 3.64. The summed E-state index contributed by atoms with van der Waals surface area (Å²) in [6, 6.07) is 1.05. The van der Waals surface area contributed by atoms with Crippen molar-refractivity contribution in [3.63, 3.8) is 0 Å². The fraction of sp³-hybridized carbons (Fsp3) is 0.273. The van der Waals surface area contributed by atoms with Crippen LogP contribution in [0.2, 0.25) is 0 Å². The number of amides is 1. The molecule has 0 spiro atoms. The van der Waals surface area contributed by atoms with Crippen LogP contribution in [-0.4, -0.2) is 27.1 Å². The van der Waals surface area contributed by atoms with Gasteiger partial charge in [-0.2, -0.15) is 0 Å². The zero-order chi connectivity index (χ0) is 13.8. The molecule has 0 atom stereocenters.